The molecule has 2 saturated carbocycles. The zero-order chi connectivity index (χ0) is 15.5. The molecule has 0 aromatic rings. The second kappa shape index (κ2) is 6.80. The van der Waals surface area contributed by atoms with Gasteiger partial charge in [0, 0.05) is 5.92 Å². The SMILES string of the molecule is CCCCC1CCC(C(=O)NC(C)(C(=O)O)C2CC2)CC1. The summed E-state index contributed by atoms with van der Waals surface area (Å²) in [5, 5.41) is 12.3. The van der Waals surface area contributed by atoms with E-state index >= 15 is 0 Å². The lowest BCUT2D eigenvalue weighted by Gasteiger charge is -2.32. The molecular formula is C17H29NO3. The molecule has 1 atom stereocenters. The Bertz CT molecular complexity index is 383. The number of carbonyl (C=O) groups is 2. The molecule has 2 fully saturated rings. The third-order valence-electron chi connectivity index (χ3n) is 5.40. The van der Waals surface area contributed by atoms with Crippen molar-refractivity contribution in [1.82, 2.24) is 5.32 Å². The van der Waals surface area contributed by atoms with Gasteiger partial charge in [0.05, 0.1) is 0 Å². The summed E-state index contributed by atoms with van der Waals surface area (Å²) >= 11 is 0. The summed E-state index contributed by atoms with van der Waals surface area (Å²) in [4.78, 5) is 23.9. The molecule has 21 heavy (non-hydrogen) atoms. The molecule has 0 aromatic heterocycles. The van der Waals surface area contributed by atoms with Crippen LogP contribution in [-0.2, 0) is 9.59 Å². The van der Waals surface area contributed by atoms with E-state index in [-0.39, 0.29) is 17.7 Å². The Hall–Kier alpha value is -1.06. The van der Waals surface area contributed by atoms with Crippen molar-refractivity contribution in [3.63, 3.8) is 0 Å². The minimum Gasteiger partial charge on any atom is -0.480 e. The van der Waals surface area contributed by atoms with Crippen molar-refractivity contribution < 1.29 is 14.7 Å². The molecule has 2 N–H and O–H groups in total. The first-order chi connectivity index (χ1) is 9.97. The Balaban J connectivity index is 1.83. The maximum Gasteiger partial charge on any atom is 0.329 e. The van der Waals surface area contributed by atoms with Gasteiger partial charge < -0.3 is 10.4 Å². The van der Waals surface area contributed by atoms with Gasteiger partial charge in [0.2, 0.25) is 5.91 Å². The number of nitrogens with one attached hydrogen (secondary N) is 1. The predicted octanol–water partition coefficient (Wildman–Crippen LogP) is 3.35. The number of unbranched alkanes of at least 4 members (excludes halogenated alkanes) is 1. The maximum atomic E-state index is 12.4. The normalized spacial score (nSPS) is 28.7. The Morgan fingerprint density at radius 1 is 1.14 bits per heavy atom. The summed E-state index contributed by atoms with van der Waals surface area (Å²) in [6.45, 7) is 3.88. The molecule has 1 amide bonds. The van der Waals surface area contributed by atoms with Gasteiger partial charge in [-0.25, -0.2) is 4.79 Å². The molecule has 0 radical (unpaired) electrons. The van der Waals surface area contributed by atoms with Gasteiger partial charge in [0.1, 0.15) is 5.54 Å². The van der Waals surface area contributed by atoms with E-state index in [1.165, 1.54) is 19.3 Å². The van der Waals surface area contributed by atoms with Crippen LogP contribution in [0.3, 0.4) is 0 Å². The van der Waals surface area contributed by atoms with Crippen LogP contribution in [0.5, 0.6) is 0 Å². The van der Waals surface area contributed by atoms with Crippen LogP contribution in [0.15, 0.2) is 0 Å². The molecule has 0 spiro atoms. The molecule has 4 nitrogen and oxygen atoms in total. The van der Waals surface area contributed by atoms with Gasteiger partial charge in [0.25, 0.3) is 0 Å². The Morgan fingerprint density at radius 2 is 1.76 bits per heavy atom. The van der Waals surface area contributed by atoms with Crippen molar-refractivity contribution >= 4 is 11.9 Å². The quantitative estimate of drug-likeness (QED) is 0.757. The van der Waals surface area contributed by atoms with Crippen molar-refractivity contribution in [2.45, 2.75) is 77.2 Å². The van der Waals surface area contributed by atoms with E-state index in [4.69, 9.17) is 0 Å². The number of hydrogen-bond acceptors (Lipinski definition) is 2. The lowest BCUT2D eigenvalue weighted by atomic mass is 9.79. The Morgan fingerprint density at radius 3 is 2.24 bits per heavy atom. The third-order valence-corrected chi connectivity index (χ3v) is 5.40. The molecule has 1 unspecified atom stereocenters. The van der Waals surface area contributed by atoms with Crippen LogP contribution < -0.4 is 5.32 Å². The lowest BCUT2D eigenvalue weighted by Crippen LogP contribution is -2.55. The number of rotatable bonds is 7. The molecule has 0 aromatic carbocycles. The van der Waals surface area contributed by atoms with E-state index in [9.17, 15) is 14.7 Å². The highest BCUT2D eigenvalue weighted by Gasteiger charge is 2.49. The van der Waals surface area contributed by atoms with Gasteiger partial charge in [-0.15, -0.1) is 0 Å². The predicted molar refractivity (Wildman–Crippen MR) is 81.9 cm³/mol. The number of carboxylic acid groups (broad SMARTS) is 1. The maximum absolute atomic E-state index is 12.4. The second-order valence-corrected chi connectivity index (χ2v) is 7.13. The molecule has 0 saturated heterocycles. The highest BCUT2D eigenvalue weighted by Crippen LogP contribution is 2.40. The first-order valence-corrected chi connectivity index (χ1v) is 8.52. The zero-order valence-corrected chi connectivity index (χ0v) is 13.4. The number of carbonyl (C=O) groups excluding carboxylic acids is 1. The molecule has 0 bridgehead atoms. The van der Waals surface area contributed by atoms with Crippen molar-refractivity contribution in [3.05, 3.63) is 0 Å². The van der Waals surface area contributed by atoms with Crippen molar-refractivity contribution in [2.24, 2.45) is 17.8 Å². The topological polar surface area (TPSA) is 66.4 Å². The highest BCUT2D eigenvalue weighted by atomic mass is 16.4. The monoisotopic (exact) mass is 295 g/mol. The minimum absolute atomic E-state index is 0.0142. The van der Waals surface area contributed by atoms with E-state index in [2.05, 4.69) is 12.2 Å². The molecule has 120 valence electrons. The highest BCUT2D eigenvalue weighted by molar-refractivity contribution is 5.88. The number of hydrogen-bond donors (Lipinski definition) is 2. The summed E-state index contributed by atoms with van der Waals surface area (Å²) in [7, 11) is 0. The van der Waals surface area contributed by atoms with Crippen LogP contribution in [-0.4, -0.2) is 22.5 Å². The molecule has 2 aliphatic carbocycles. The van der Waals surface area contributed by atoms with E-state index in [0.29, 0.717) is 0 Å². The number of amides is 1. The van der Waals surface area contributed by atoms with Crippen LogP contribution >= 0.6 is 0 Å². The van der Waals surface area contributed by atoms with Gasteiger partial charge in [-0.05, 0) is 57.3 Å². The fourth-order valence-electron chi connectivity index (χ4n) is 3.55. The lowest BCUT2D eigenvalue weighted by molar-refractivity contribution is -0.148. The largest absolute Gasteiger partial charge is 0.480 e. The molecule has 2 aliphatic rings. The first-order valence-electron chi connectivity index (χ1n) is 8.52. The Kier molecular flexibility index (Phi) is 5.28. The van der Waals surface area contributed by atoms with E-state index in [1.807, 2.05) is 0 Å². The fraction of sp³-hybridized carbons (Fsp3) is 0.882. The van der Waals surface area contributed by atoms with Crippen LogP contribution in [0.1, 0.15) is 71.6 Å². The first kappa shape index (κ1) is 16.3. The zero-order valence-electron chi connectivity index (χ0n) is 13.4. The van der Waals surface area contributed by atoms with Crippen molar-refractivity contribution in [1.29, 1.82) is 0 Å². The summed E-state index contributed by atoms with van der Waals surface area (Å²) in [6.07, 6.45) is 9.68. The smallest absolute Gasteiger partial charge is 0.329 e. The van der Waals surface area contributed by atoms with E-state index in [0.717, 1.165) is 44.4 Å². The summed E-state index contributed by atoms with van der Waals surface area (Å²) in [5.74, 6) is -0.0424. The summed E-state index contributed by atoms with van der Waals surface area (Å²) in [6, 6.07) is 0. The third kappa shape index (κ3) is 3.98. The van der Waals surface area contributed by atoms with E-state index < -0.39 is 11.5 Å². The van der Waals surface area contributed by atoms with Gasteiger partial charge in [-0.3, -0.25) is 4.79 Å². The van der Waals surface area contributed by atoms with Crippen LogP contribution in [0.2, 0.25) is 0 Å². The van der Waals surface area contributed by atoms with Crippen LogP contribution in [0, 0.1) is 17.8 Å². The van der Waals surface area contributed by atoms with Gasteiger partial charge in [0.15, 0.2) is 0 Å². The average molecular weight is 295 g/mol. The second-order valence-electron chi connectivity index (χ2n) is 7.13. The van der Waals surface area contributed by atoms with Gasteiger partial charge in [-0.1, -0.05) is 26.2 Å². The number of aliphatic carboxylic acids is 1. The van der Waals surface area contributed by atoms with Crippen LogP contribution in [0.4, 0.5) is 0 Å². The summed E-state index contributed by atoms with van der Waals surface area (Å²) in [5.41, 5.74) is -1.06. The molecule has 4 heteroatoms. The molecule has 2 rings (SSSR count). The summed E-state index contributed by atoms with van der Waals surface area (Å²) < 4.78 is 0. The van der Waals surface area contributed by atoms with Crippen molar-refractivity contribution in [3.8, 4) is 0 Å². The van der Waals surface area contributed by atoms with Crippen LogP contribution in [0.25, 0.3) is 0 Å². The molecular weight excluding hydrogens is 266 g/mol. The fourth-order valence-corrected chi connectivity index (χ4v) is 3.55. The molecule has 0 heterocycles. The standard InChI is InChI=1S/C17H29NO3/c1-3-4-5-12-6-8-13(9-7-12)15(19)18-17(2,16(20)21)14-10-11-14/h12-14H,3-11H2,1-2H3,(H,18,19)(H,20,21). The average Bonchev–Trinajstić information content (AvgIpc) is 3.30. The van der Waals surface area contributed by atoms with Crippen molar-refractivity contribution in [2.75, 3.05) is 0 Å². The molecule has 0 aliphatic heterocycles. The Labute approximate surface area is 127 Å². The van der Waals surface area contributed by atoms with Gasteiger partial charge in [-0.2, -0.15) is 0 Å². The minimum atomic E-state index is -1.06. The van der Waals surface area contributed by atoms with Gasteiger partial charge >= 0.3 is 5.97 Å². The number of carboxylic acids is 1. The van der Waals surface area contributed by atoms with E-state index in [1.54, 1.807) is 6.92 Å².